The normalized spacial score (nSPS) is 14.0. The molecule has 0 bridgehead atoms. The number of aliphatic hydroxyl groups is 1. The van der Waals surface area contributed by atoms with Gasteiger partial charge in [-0.05, 0) is 31.6 Å². The number of carbonyl (C=O) groups is 4. The van der Waals surface area contributed by atoms with Crippen LogP contribution in [0.4, 0.5) is 0 Å². The van der Waals surface area contributed by atoms with Crippen molar-refractivity contribution in [3.05, 3.63) is 0 Å². The third-order valence-electron chi connectivity index (χ3n) is 17.5. The summed E-state index contributed by atoms with van der Waals surface area (Å²) >= 11 is 0. The van der Waals surface area contributed by atoms with Crippen molar-refractivity contribution >= 4 is 39.5 Å². The van der Waals surface area contributed by atoms with Crippen LogP contribution in [0.25, 0.3) is 0 Å². The summed E-state index contributed by atoms with van der Waals surface area (Å²) in [6.45, 7) is 7.24. The first-order valence-electron chi connectivity index (χ1n) is 39.1. The van der Waals surface area contributed by atoms with Crippen LogP contribution in [0.1, 0.15) is 394 Å². The van der Waals surface area contributed by atoms with E-state index in [4.69, 9.17) is 37.0 Å². The van der Waals surface area contributed by atoms with Gasteiger partial charge < -0.3 is 33.8 Å². The molecule has 0 fully saturated rings. The monoisotopic (exact) mass is 1380 g/mol. The molecule has 0 spiro atoms. The Hall–Kier alpha value is -1.94. The molecule has 0 aromatic rings. The maximum Gasteiger partial charge on any atom is 0.472 e. The van der Waals surface area contributed by atoms with Crippen molar-refractivity contribution in [1.29, 1.82) is 0 Å². The van der Waals surface area contributed by atoms with Crippen LogP contribution in [0.5, 0.6) is 0 Å². The minimum absolute atomic E-state index is 0.105. The Kier molecular flexibility index (Phi) is 66.8. The van der Waals surface area contributed by atoms with Crippen molar-refractivity contribution < 1.29 is 80.2 Å². The van der Waals surface area contributed by atoms with Crippen molar-refractivity contribution in [2.75, 3.05) is 39.6 Å². The molecule has 19 heteroatoms. The van der Waals surface area contributed by atoms with Crippen molar-refractivity contribution in [3.8, 4) is 0 Å². The topological polar surface area (TPSA) is 237 Å². The molecule has 0 saturated carbocycles. The SMILES string of the molecule is CCCCCCCCCCCCCCCCCCCCCCC(=O)O[C@H](COC(=O)CCCCCCCCCCCCCCCCCCC(C)C)COP(=O)(O)OC[C@@H](O)COP(=O)(O)OC[C@@H](COC(=O)CCCCCCCCC)OC(=O)CCCCCCCCCC. The van der Waals surface area contributed by atoms with Gasteiger partial charge in [0.15, 0.2) is 12.2 Å². The number of carbonyl (C=O) groups excluding carboxylic acids is 4. The number of ether oxygens (including phenoxy) is 4. The fourth-order valence-electron chi connectivity index (χ4n) is 11.5. The van der Waals surface area contributed by atoms with Gasteiger partial charge in [0.05, 0.1) is 26.4 Å². The first-order valence-corrected chi connectivity index (χ1v) is 42.1. The van der Waals surface area contributed by atoms with Crippen LogP contribution in [0, 0.1) is 5.92 Å². The molecular weight excluding hydrogens is 1230 g/mol. The smallest absolute Gasteiger partial charge is 0.462 e. The summed E-state index contributed by atoms with van der Waals surface area (Å²) in [6.07, 6.45) is 57.3. The zero-order valence-corrected chi connectivity index (χ0v) is 62.9. The highest BCUT2D eigenvalue weighted by Crippen LogP contribution is 2.45. The lowest BCUT2D eigenvalue weighted by molar-refractivity contribution is -0.161. The Morgan fingerprint density at radius 2 is 0.489 bits per heavy atom. The number of unbranched alkanes of at least 4 members (excludes halogenated alkanes) is 47. The molecular formula is C75H146O17P2. The highest BCUT2D eigenvalue weighted by Gasteiger charge is 2.30. The molecule has 0 saturated heterocycles. The molecule has 0 aliphatic rings. The van der Waals surface area contributed by atoms with Gasteiger partial charge >= 0.3 is 39.5 Å². The second-order valence-corrected chi connectivity index (χ2v) is 30.4. The maximum absolute atomic E-state index is 13.1. The van der Waals surface area contributed by atoms with E-state index in [0.29, 0.717) is 25.7 Å². The van der Waals surface area contributed by atoms with Crippen molar-refractivity contribution in [2.24, 2.45) is 5.92 Å². The quantitative estimate of drug-likeness (QED) is 0.0222. The largest absolute Gasteiger partial charge is 0.472 e. The van der Waals surface area contributed by atoms with Crippen LogP contribution >= 0.6 is 15.6 Å². The zero-order chi connectivity index (χ0) is 69.1. The molecule has 0 aromatic carbocycles. The van der Waals surface area contributed by atoms with Crippen molar-refractivity contribution in [2.45, 2.75) is 412 Å². The van der Waals surface area contributed by atoms with E-state index < -0.39 is 97.5 Å². The second kappa shape index (κ2) is 68.2. The summed E-state index contributed by atoms with van der Waals surface area (Å²) in [4.78, 5) is 72.5. The average Bonchev–Trinajstić information content (AvgIpc) is 1.89. The molecule has 5 atom stereocenters. The molecule has 0 amide bonds. The van der Waals surface area contributed by atoms with E-state index in [1.54, 1.807) is 0 Å². The Labute approximate surface area is 575 Å². The lowest BCUT2D eigenvalue weighted by Crippen LogP contribution is -2.30. The van der Waals surface area contributed by atoms with Crippen LogP contribution in [0.3, 0.4) is 0 Å². The van der Waals surface area contributed by atoms with E-state index in [0.717, 1.165) is 115 Å². The van der Waals surface area contributed by atoms with Crippen LogP contribution in [0.15, 0.2) is 0 Å². The minimum Gasteiger partial charge on any atom is -0.462 e. The molecule has 3 N–H and O–H groups in total. The first-order chi connectivity index (χ1) is 45.5. The number of phosphoric acid groups is 2. The predicted molar refractivity (Wildman–Crippen MR) is 382 cm³/mol. The summed E-state index contributed by atoms with van der Waals surface area (Å²) in [7, 11) is -9.90. The van der Waals surface area contributed by atoms with Crippen LogP contribution in [-0.2, 0) is 65.4 Å². The van der Waals surface area contributed by atoms with E-state index in [1.807, 2.05) is 0 Å². The molecule has 0 rings (SSSR count). The fraction of sp³-hybridized carbons (Fsp3) is 0.947. The third-order valence-corrected chi connectivity index (χ3v) is 19.4. The Morgan fingerprint density at radius 1 is 0.287 bits per heavy atom. The summed E-state index contributed by atoms with van der Waals surface area (Å²) in [5.41, 5.74) is 0. The van der Waals surface area contributed by atoms with Gasteiger partial charge in [0.2, 0.25) is 0 Å². The number of aliphatic hydroxyl groups excluding tert-OH is 1. The van der Waals surface area contributed by atoms with Crippen molar-refractivity contribution in [1.82, 2.24) is 0 Å². The van der Waals surface area contributed by atoms with E-state index in [-0.39, 0.29) is 25.7 Å². The molecule has 0 aromatic heterocycles. The van der Waals surface area contributed by atoms with E-state index in [1.165, 1.54) is 199 Å². The van der Waals surface area contributed by atoms with E-state index in [2.05, 4.69) is 34.6 Å². The molecule has 558 valence electrons. The lowest BCUT2D eigenvalue weighted by Gasteiger charge is -2.21. The van der Waals surface area contributed by atoms with Crippen LogP contribution < -0.4 is 0 Å². The average molecular weight is 1380 g/mol. The first kappa shape index (κ1) is 92.1. The van der Waals surface area contributed by atoms with Gasteiger partial charge in [-0.2, -0.15) is 0 Å². The van der Waals surface area contributed by atoms with Gasteiger partial charge in [-0.25, -0.2) is 9.13 Å². The lowest BCUT2D eigenvalue weighted by atomic mass is 10.0. The third kappa shape index (κ3) is 68.6. The Balaban J connectivity index is 5.12. The Morgan fingerprint density at radius 3 is 0.723 bits per heavy atom. The zero-order valence-electron chi connectivity index (χ0n) is 61.1. The fourth-order valence-corrected chi connectivity index (χ4v) is 13.1. The van der Waals surface area contributed by atoms with Gasteiger partial charge in [-0.1, -0.05) is 343 Å². The number of hydrogen-bond acceptors (Lipinski definition) is 15. The van der Waals surface area contributed by atoms with Crippen LogP contribution in [0.2, 0.25) is 0 Å². The molecule has 0 aliphatic carbocycles. The number of hydrogen-bond donors (Lipinski definition) is 3. The molecule has 0 aliphatic heterocycles. The van der Waals surface area contributed by atoms with Gasteiger partial charge in [-0.15, -0.1) is 0 Å². The van der Waals surface area contributed by atoms with Gasteiger partial charge in [0, 0.05) is 25.7 Å². The van der Waals surface area contributed by atoms with Crippen molar-refractivity contribution in [3.63, 3.8) is 0 Å². The summed E-state index contributed by atoms with van der Waals surface area (Å²) < 4.78 is 68.2. The van der Waals surface area contributed by atoms with E-state index >= 15 is 0 Å². The molecule has 0 heterocycles. The summed E-state index contributed by atoms with van der Waals surface area (Å²) in [6, 6.07) is 0. The molecule has 2 unspecified atom stereocenters. The maximum atomic E-state index is 13.1. The second-order valence-electron chi connectivity index (χ2n) is 27.5. The van der Waals surface area contributed by atoms with Gasteiger partial charge in [0.1, 0.15) is 19.3 Å². The Bertz CT molecular complexity index is 1810. The standard InChI is InChI=1S/C75H146O17P2/c1-6-9-12-15-18-20-21-22-23-24-25-26-27-32-35-38-41-46-51-56-61-75(80)92-71(65-86-73(78)59-54-49-45-40-37-34-31-29-28-30-33-36-39-43-47-52-57-68(4)5)67-90-94(83,84)88-63-69(76)62-87-93(81,82)89-66-70(64-85-72(77)58-53-48-42-17-14-11-8-3)91-74(79)60-55-50-44-19-16-13-10-7-2/h68-71,76H,6-67H2,1-5H3,(H,81,82)(H,83,84)/t69-,70+,71+/m0/s1. The summed E-state index contributed by atoms with van der Waals surface area (Å²) in [5.74, 6) is -1.31. The number of rotatable bonds is 75. The van der Waals surface area contributed by atoms with Gasteiger partial charge in [0.25, 0.3) is 0 Å². The van der Waals surface area contributed by atoms with Crippen LogP contribution in [-0.4, -0.2) is 96.7 Å². The highest BCUT2D eigenvalue weighted by molar-refractivity contribution is 7.47. The minimum atomic E-state index is -4.95. The predicted octanol–water partition coefficient (Wildman–Crippen LogP) is 22.1. The molecule has 0 radical (unpaired) electrons. The molecule has 94 heavy (non-hydrogen) atoms. The summed E-state index contributed by atoms with van der Waals surface area (Å²) in [5, 5.41) is 10.6. The number of esters is 4. The van der Waals surface area contributed by atoms with E-state index in [9.17, 15) is 43.2 Å². The highest BCUT2D eigenvalue weighted by atomic mass is 31.2. The van der Waals surface area contributed by atoms with Gasteiger partial charge in [-0.3, -0.25) is 37.3 Å². The number of phosphoric ester groups is 2. The molecule has 17 nitrogen and oxygen atoms in total.